The maximum atomic E-state index is 8.73. The van der Waals surface area contributed by atoms with Crippen molar-refractivity contribution in [1.29, 1.82) is 0 Å². The lowest BCUT2D eigenvalue weighted by Crippen LogP contribution is -2.40. The summed E-state index contributed by atoms with van der Waals surface area (Å²) in [6, 6.07) is 0.208. The molecule has 62 valence electrons. The predicted molar refractivity (Wildman–Crippen MR) is 40.8 cm³/mol. The van der Waals surface area contributed by atoms with Gasteiger partial charge in [-0.05, 0) is 13.3 Å². The van der Waals surface area contributed by atoms with Crippen LogP contribution in [0.1, 0.15) is 20.3 Å². The number of aliphatic hydroxyl groups is 2. The van der Waals surface area contributed by atoms with Crippen LogP contribution in [0, 0.1) is 0 Å². The normalized spacial score (nSPS) is 16.8. The van der Waals surface area contributed by atoms with E-state index in [1.165, 1.54) is 0 Å². The summed E-state index contributed by atoms with van der Waals surface area (Å²) < 4.78 is 0. The summed E-state index contributed by atoms with van der Waals surface area (Å²) in [7, 11) is 0. The van der Waals surface area contributed by atoms with Gasteiger partial charge in [0.15, 0.2) is 0 Å². The third-order valence-corrected chi connectivity index (χ3v) is 1.51. The Morgan fingerprint density at radius 2 is 1.90 bits per heavy atom. The van der Waals surface area contributed by atoms with Crippen molar-refractivity contribution in [3.8, 4) is 0 Å². The first-order chi connectivity index (χ1) is 4.74. The smallest absolute Gasteiger partial charge is 0.0584 e. The molecular weight excluding hydrogens is 130 g/mol. The molecule has 0 bridgehead atoms. The van der Waals surface area contributed by atoms with Crippen molar-refractivity contribution in [2.45, 2.75) is 32.4 Å². The summed E-state index contributed by atoms with van der Waals surface area (Å²) in [5, 5.41) is 20.4. The van der Waals surface area contributed by atoms with Crippen LogP contribution in [-0.4, -0.2) is 35.5 Å². The van der Waals surface area contributed by atoms with Crippen LogP contribution in [0.5, 0.6) is 0 Å². The summed E-state index contributed by atoms with van der Waals surface area (Å²) in [6.45, 7) is 4.15. The molecule has 0 aliphatic heterocycles. The van der Waals surface area contributed by atoms with Gasteiger partial charge in [-0.2, -0.15) is 0 Å². The average Bonchev–Trinajstić information content (AvgIpc) is 1.99. The Labute approximate surface area is 62.1 Å². The number of aliphatic hydroxyl groups excluding tert-OH is 2. The van der Waals surface area contributed by atoms with Crippen molar-refractivity contribution in [2.24, 2.45) is 0 Å². The Balaban J connectivity index is 3.41. The van der Waals surface area contributed by atoms with Gasteiger partial charge in [-0.25, -0.2) is 0 Å². The van der Waals surface area contributed by atoms with Gasteiger partial charge in [0, 0.05) is 12.1 Å². The summed E-state index contributed by atoms with van der Waals surface area (Å²) in [5.74, 6) is 0. The van der Waals surface area contributed by atoms with Crippen LogP contribution in [-0.2, 0) is 0 Å². The lowest BCUT2D eigenvalue weighted by Gasteiger charge is -2.18. The van der Waals surface area contributed by atoms with Crippen LogP contribution in [0.3, 0.4) is 0 Å². The van der Waals surface area contributed by atoms with Crippen molar-refractivity contribution in [3.05, 3.63) is 0 Å². The Kier molecular flexibility index (Phi) is 5.58. The fraction of sp³-hybridized carbons (Fsp3) is 1.00. The molecule has 0 radical (unpaired) electrons. The summed E-state index contributed by atoms with van der Waals surface area (Å²) >= 11 is 0. The van der Waals surface area contributed by atoms with E-state index in [2.05, 4.69) is 5.32 Å². The number of hydrogen-bond donors (Lipinski definition) is 3. The van der Waals surface area contributed by atoms with Gasteiger partial charge in [0.05, 0.1) is 13.2 Å². The number of rotatable bonds is 5. The number of hydrogen-bond acceptors (Lipinski definition) is 3. The number of nitrogens with one attached hydrogen (secondary N) is 1. The molecule has 0 saturated carbocycles. The van der Waals surface area contributed by atoms with Crippen LogP contribution in [0.25, 0.3) is 0 Å². The zero-order valence-electron chi connectivity index (χ0n) is 6.67. The maximum Gasteiger partial charge on any atom is 0.0584 e. The van der Waals surface area contributed by atoms with E-state index in [0.29, 0.717) is 0 Å². The van der Waals surface area contributed by atoms with Crippen molar-refractivity contribution < 1.29 is 10.2 Å². The molecule has 0 aliphatic carbocycles. The Hall–Kier alpha value is -0.120. The van der Waals surface area contributed by atoms with E-state index in [1.54, 1.807) is 0 Å². The van der Waals surface area contributed by atoms with Crippen LogP contribution in [0.4, 0.5) is 0 Å². The molecule has 0 amide bonds. The summed E-state index contributed by atoms with van der Waals surface area (Å²) in [6.07, 6.45) is 0.890. The first kappa shape index (κ1) is 9.88. The molecular formula is C7H17NO2. The minimum Gasteiger partial charge on any atom is -0.395 e. The molecule has 10 heavy (non-hydrogen) atoms. The van der Waals surface area contributed by atoms with Gasteiger partial charge in [-0.3, -0.25) is 0 Å². The van der Waals surface area contributed by atoms with Crippen LogP contribution >= 0.6 is 0 Å². The topological polar surface area (TPSA) is 52.5 Å². The molecule has 3 heteroatoms. The second-order valence-corrected chi connectivity index (χ2v) is 2.54. The molecule has 2 atom stereocenters. The average molecular weight is 147 g/mol. The van der Waals surface area contributed by atoms with E-state index in [1.807, 2.05) is 13.8 Å². The molecule has 0 saturated heterocycles. The van der Waals surface area contributed by atoms with Crippen LogP contribution < -0.4 is 5.32 Å². The van der Waals surface area contributed by atoms with E-state index in [4.69, 9.17) is 10.2 Å². The van der Waals surface area contributed by atoms with E-state index in [0.717, 1.165) is 6.42 Å². The molecule has 0 heterocycles. The first-order valence-corrected chi connectivity index (χ1v) is 3.72. The Bertz CT molecular complexity index is 74.0. The molecule has 0 aliphatic rings. The highest BCUT2D eigenvalue weighted by atomic mass is 16.3. The minimum absolute atomic E-state index is 0.0806. The second-order valence-electron chi connectivity index (χ2n) is 2.54. The van der Waals surface area contributed by atoms with Crippen LogP contribution in [0.15, 0.2) is 0 Å². The molecule has 0 rings (SSSR count). The summed E-state index contributed by atoms with van der Waals surface area (Å²) in [4.78, 5) is 0. The molecule has 3 N–H and O–H groups in total. The zero-order chi connectivity index (χ0) is 7.98. The molecule has 0 aromatic carbocycles. The summed E-state index contributed by atoms with van der Waals surface area (Å²) in [5.41, 5.74) is 0. The molecule has 0 fully saturated rings. The Morgan fingerprint density at radius 3 is 2.20 bits per heavy atom. The largest absolute Gasteiger partial charge is 0.395 e. The third-order valence-electron chi connectivity index (χ3n) is 1.51. The van der Waals surface area contributed by atoms with Gasteiger partial charge in [0.2, 0.25) is 0 Å². The van der Waals surface area contributed by atoms with Gasteiger partial charge in [0.1, 0.15) is 0 Å². The van der Waals surface area contributed by atoms with Gasteiger partial charge >= 0.3 is 0 Å². The SMILES string of the molecule is CC[C@@H](CO)NC(C)CO. The van der Waals surface area contributed by atoms with Crippen molar-refractivity contribution in [2.75, 3.05) is 13.2 Å². The first-order valence-electron chi connectivity index (χ1n) is 3.72. The van der Waals surface area contributed by atoms with Gasteiger partial charge in [-0.1, -0.05) is 6.92 Å². The maximum absolute atomic E-state index is 8.73. The Morgan fingerprint density at radius 1 is 1.30 bits per heavy atom. The van der Waals surface area contributed by atoms with E-state index < -0.39 is 0 Å². The fourth-order valence-electron chi connectivity index (χ4n) is 0.755. The minimum atomic E-state index is 0.0806. The highest BCUT2D eigenvalue weighted by molar-refractivity contribution is 4.67. The third kappa shape index (κ3) is 3.82. The van der Waals surface area contributed by atoms with E-state index in [-0.39, 0.29) is 25.3 Å². The molecule has 1 unspecified atom stereocenters. The van der Waals surface area contributed by atoms with Crippen molar-refractivity contribution >= 4 is 0 Å². The molecule has 0 aromatic heterocycles. The van der Waals surface area contributed by atoms with Gasteiger partial charge < -0.3 is 15.5 Å². The fourth-order valence-corrected chi connectivity index (χ4v) is 0.755. The van der Waals surface area contributed by atoms with Crippen LogP contribution in [0.2, 0.25) is 0 Å². The quantitative estimate of drug-likeness (QED) is 0.501. The van der Waals surface area contributed by atoms with Gasteiger partial charge in [0.25, 0.3) is 0 Å². The zero-order valence-corrected chi connectivity index (χ0v) is 6.67. The predicted octanol–water partition coefficient (Wildman–Crippen LogP) is -0.272. The molecule has 0 aromatic rings. The van der Waals surface area contributed by atoms with Crippen molar-refractivity contribution in [1.82, 2.24) is 5.32 Å². The standard InChI is InChI=1S/C7H17NO2/c1-3-7(5-10)8-6(2)4-9/h6-10H,3-5H2,1-2H3/t6?,7-/m0/s1. The van der Waals surface area contributed by atoms with Crippen molar-refractivity contribution in [3.63, 3.8) is 0 Å². The van der Waals surface area contributed by atoms with Gasteiger partial charge in [-0.15, -0.1) is 0 Å². The highest BCUT2D eigenvalue weighted by Crippen LogP contribution is 1.90. The second kappa shape index (κ2) is 5.65. The lowest BCUT2D eigenvalue weighted by atomic mass is 10.2. The monoisotopic (exact) mass is 147 g/mol. The highest BCUT2D eigenvalue weighted by Gasteiger charge is 2.06. The van der Waals surface area contributed by atoms with E-state index in [9.17, 15) is 0 Å². The van der Waals surface area contributed by atoms with E-state index >= 15 is 0 Å². The molecule has 0 spiro atoms. The molecule has 3 nitrogen and oxygen atoms in total. The lowest BCUT2D eigenvalue weighted by molar-refractivity contribution is 0.197.